The number of rotatable bonds is 5. The van der Waals surface area contributed by atoms with Crippen LogP contribution in [0.2, 0.25) is 0 Å². The number of nitrogens with zero attached hydrogens (tertiary/aromatic N) is 1. The number of fused-ring (bicyclic) bond motifs is 1. The van der Waals surface area contributed by atoms with Crippen LogP contribution in [0.4, 0.5) is 4.39 Å². The molecule has 1 saturated carbocycles. The molecule has 0 aliphatic heterocycles. The Morgan fingerprint density at radius 1 is 1.22 bits per heavy atom. The lowest BCUT2D eigenvalue weighted by Crippen LogP contribution is -2.24. The quantitative estimate of drug-likeness (QED) is 0.721. The van der Waals surface area contributed by atoms with Gasteiger partial charge in [-0.15, -0.1) is 0 Å². The van der Waals surface area contributed by atoms with E-state index >= 15 is 0 Å². The largest absolute Gasteiger partial charge is 0.490 e. The number of aromatic carboxylic acids is 1. The van der Waals surface area contributed by atoms with Gasteiger partial charge < -0.3 is 9.84 Å². The lowest BCUT2D eigenvalue weighted by atomic mass is 9.96. The number of halogens is 1. The summed E-state index contributed by atoms with van der Waals surface area (Å²) in [4.78, 5) is 23.2. The van der Waals surface area contributed by atoms with Crippen molar-refractivity contribution in [2.75, 3.05) is 0 Å². The highest BCUT2D eigenvalue weighted by atomic mass is 19.1. The molecule has 0 amide bonds. The van der Waals surface area contributed by atoms with Crippen LogP contribution < -0.4 is 10.3 Å². The van der Waals surface area contributed by atoms with Crippen molar-refractivity contribution < 1.29 is 19.0 Å². The monoisotopic (exact) mass is 368 g/mol. The van der Waals surface area contributed by atoms with Crippen LogP contribution in [0, 0.1) is 5.82 Å². The number of ether oxygens (including phenoxy) is 1. The molecule has 0 bridgehead atoms. The molecule has 0 saturated heterocycles. The van der Waals surface area contributed by atoms with Crippen LogP contribution in [0.15, 0.2) is 41.2 Å². The minimum Gasteiger partial charge on any atom is -0.490 e. The van der Waals surface area contributed by atoms with Gasteiger partial charge >= 0.3 is 5.97 Å². The maximum atomic E-state index is 13.6. The minimum atomic E-state index is -1.33. The molecule has 0 spiro atoms. The van der Waals surface area contributed by atoms with Crippen molar-refractivity contribution in [3.63, 3.8) is 0 Å². The van der Waals surface area contributed by atoms with Crippen molar-refractivity contribution in [1.82, 2.24) is 10.2 Å². The third-order valence-corrected chi connectivity index (χ3v) is 4.83. The molecule has 1 aliphatic rings. The lowest BCUT2D eigenvalue weighted by molar-refractivity contribution is 0.0691. The zero-order chi connectivity index (χ0) is 19.0. The van der Waals surface area contributed by atoms with Crippen LogP contribution in [0.25, 0.3) is 10.8 Å². The first-order valence-corrected chi connectivity index (χ1v) is 8.71. The van der Waals surface area contributed by atoms with Crippen LogP contribution >= 0.6 is 0 Å². The van der Waals surface area contributed by atoms with E-state index in [1.807, 2.05) is 0 Å². The van der Waals surface area contributed by atoms with E-state index in [0.717, 1.165) is 25.3 Å². The number of hydrogen-bond acceptors (Lipinski definition) is 4. The zero-order valence-corrected chi connectivity index (χ0v) is 14.4. The van der Waals surface area contributed by atoms with Crippen molar-refractivity contribution in [3.05, 3.63) is 69.4 Å². The zero-order valence-electron chi connectivity index (χ0n) is 14.4. The number of carbonyl (C=O) groups is 1. The number of H-pyrrole nitrogens is 1. The van der Waals surface area contributed by atoms with E-state index in [1.54, 1.807) is 18.2 Å². The van der Waals surface area contributed by atoms with Crippen molar-refractivity contribution in [2.45, 2.75) is 31.8 Å². The number of benzene rings is 2. The summed E-state index contributed by atoms with van der Waals surface area (Å²) >= 11 is 0. The molecule has 1 aliphatic carbocycles. The van der Waals surface area contributed by atoms with Crippen molar-refractivity contribution in [3.8, 4) is 5.75 Å². The summed E-state index contributed by atoms with van der Waals surface area (Å²) in [5, 5.41) is 16.8. The Morgan fingerprint density at radius 2 is 2.04 bits per heavy atom. The number of carboxylic acids is 1. The Morgan fingerprint density at radius 3 is 2.74 bits per heavy atom. The number of hydrogen-bond donors (Lipinski definition) is 2. The van der Waals surface area contributed by atoms with Gasteiger partial charge in [0.2, 0.25) is 0 Å². The highest BCUT2D eigenvalue weighted by molar-refractivity contribution is 5.88. The van der Waals surface area contributed by atoms with Gasteiger partial charge in [-0.1, -0.05) is 6.07 Å². The summed E-state index contributed by atoms with van der Waals surface area (Å²) in [6, 6.07) is 9.16. The van der Waals surface area contributed by atoms with Crippen molar-refractivity contribution in [2.24, 2.45) is 0 Å². The molecule has 0 unspecified atom stereocenters. The van der Waals surface area contributed by atoms with Gasteiger partial charge in [0.15, 0.2) is 0 Å². The molecule has 2 aromatic carbocycles. The van der Waals surface area contributed by atoms with E-state index in [9.17, 15) is 14.0 Å². The van der Waals surface area contributed by atoms with Crippen LogP contribution in [0.5, 0.6) is 5.75 Å². The fourth-order valence-electron chi connectivity index (χ4n) is 3.13. The number of carboxylic acid groups (broad SMARTS) is 1. The average molecular weight is 368 g/mol. The molecule has 0 atom stereocenters. The molecular weight excluding hydrogens is 351 g/mol. The first-order chi connectivity index (χ1) is 13.0. The van der Waals surface area contributed by atoms with E-state index in [4.69, 9.17) is 9.84 Å². The van der Waals surface area contributed by atoms with E-state index in [2.05, 4.69) is 10.2 Å². The van der Waals surface area contributed by atoms with E-state index in [1.165, 1.54) is 12.1 Å². The maximum Gasteiger partial charge on any atom is 0.338 e. The molecule has 7 heteroatoms. The fourth-order valence-corrected chi connectivity index (χ4v) is 3.13. The molecule has 1 aromatic heterocycles. The SMILES string of the molecule is O=C(O)c1cc(Cc2n[nH]c(=O)c3ccc(OC4CCC4)cc23)ccc1F. The van der Waals surface area contributed by atoms with Gasteiger partial charge in [0.05, 0.1) is 22.7 Å². The summed E-state index contributed by atoms with van der Waals surface area (Å²) in [6.07, 6.45) is 3.65. The van der Waals surface area contributed by atoms with Gasteiger partial charge in [-0.3, -0.25) is 4.79 Å². The molecule has 3 aromatic rings. The smallest absolute Gasteiger partial charge is 0.338 e. The summed E-state index contributed by atoms with van der Waals surface area (Å²) < 4.78 is 19.5. The van der Waals surface area contributed by atoms with E-state index < -0.39 is 17.3 Å². The first-order valence-electron chi connectivity index (χ1n) is 8.71. The van der Waals surface area contributed by atoms with Crippen LogP contribution in [0.3, 0.4) is 0 Å². The minimum absolute atomic E-state index is 0.205. The molecule has 138 valence electrons. The Labute approximate surface area is 153 Å². The van der Waals surface area contributed by atoms with Gasteiger partial charge in [0.25, 0.3) is 5.56 Å². The van der Waals surface area contributed by atoms with E-state index in [-0.39, 0.29) is 18.1 Å². The Hall–Kier alpha value is -3.22. The van der Waals surface area contributed by atoms with E-state index in [0.29, 0.717) is 27.8 Å². The average Bonchev–Trinajstić information content (AvgIpc) is 2.62. The third-order valence-electron chi connectivity index (χ3n) is 4.83. The maximum absolute atomic E-state index is 13.6. The highest BCUT2D eigenvalue weighted by Crippen LogP contribution is 2.28. The molecule has 27 heavy (non-hydrogen) atoms. The molecule has 1 heterocycles. The normalized spacial score (nSPS) is 14.1. The van der Waals surface area contributed by atoms with Gasteiger partial charge in [0.1, 0.15) is 11.6 Å². The lowest BCUT2D eigenvalue weighted by Gasteiger charge is -2.26. The second-order valence-corrected chi connectivity index (χ2v) is 6.67. The summed E-state index contributed by atoms with van der Waals surface area (Å²) in [5.74, 6) is -1.45. The standard InChI is InChI=1S/C20H17FN2O4/c21-17-7-4-11(8-16(17)20(25)26)9-18-15-10-13(27-12-2-1-3-12)5-6-14(15)19(24)23-22-18/h4-8,10,12H,1-3,9H2,(H,23,24)(H,25,26). The van der Waals surface area contributed by atoms with Gasteiger partial charge in [-0.05, 0) is 55.2 Å². The van der Waals surface area contributed by atoms with Gasteiger partial charge in [0, 0.05) is 11.8 Å². The molecule has 2 N–H and O–H groups in total. The molecule has 4 rings (SSSR count). The molecular formula is C20H17FN2O4. The molecule has 1 fully saturated rings. The highest BCUT2D eigenvalue weighted by Gasteiger charge is 2.20. The third kappa shape index (κ3) is 3.40. The van der Waals surface area contributed by atoms with Gasteiger partial charge in [-0.25, -0.2) is 14.3 Å². The fraction of sp³-hybridized carbons (Fsp3) is 0.250. The van der Waals surface area contributed by atoms with Crippen molar-refractivity contribution >= 4 is 16.7 Å². The predicted octanol–water partition coefficient (Wildman–Crippen LogP) is 3.28. The summed E-state index contributed by atoms with van der Waals surface area (Å²) in [7, 11) is 0. The predicted molar refractivity (Wildman–Crippen MR) is 96.8 cm³/mol. The van der Waals surface area contributed by atoms with Crippen molar-refractivity contribution in [1.29, 1.82) is 0 Å². The second-order valence-electron chi connectivity index (χ2n) is 6.67. The first kappa shape index (κ1) is 17.2. The Kier molecular flexibility index (Phi) is 4.35. The second kappa shape index (κ2) is 6.83. The summed E-state index contributed by atoms with van der Waals surface area (Å²) in [5.41, 5.74) is 0.441. The number of aromatic amines is 1. The number of nitrogens with one attached hydrogen (secondary N) is 1. The molecule has 0 radical (unpaired) electrons. The number of aromatic nitrogens is 2. The Bertz CT molecular complexity index is 1090. The topological polar surface area (TPSA) is 92.3 Å². The van der Waals surface area contributed by atoms with Crippen LogP contribution in [-0.4, -0.2) is 27.4 Å². The summed E-state index contributed by atoms with van der Waals surface area (Å²) in [6.45, 7) is 0. The molecule has 6 nitrogen and oxygen atoms in total. The van der Waals surface area contributed by atoms with Crippen LogP contribution in [0.1, 0.15) is 40.9 Å². The van der Waals surface area contributed by atoms with Crippen LogP contribution in [-0.2, 0) is 6.42 Å². The van der Waals surface area contributed by atoms with Gasteiger partial charge in [-0.2, -0.15) is 5.10 Å². The Balaban J connectivity index is 1.73.